The molecule has 17 heavy (non-hydrogen) atoms. The van der Waals surface area contributed by atoms with Crippen molar-refractivity contribution in [1.82, 2.24) is 19.2 Å². The lowest BCUT2D eigenvalue weighted by atomic mass is 10.2. The van der Waals surface area contributed by atoms with Crippen LogP contribution in [0.1, 0.15) is 31.5 Å². The highest BCUT2D eigenvalue weighted by atomic mass is 16.2. The first-order chi connectivity index (χ1) is 8.27. The molecule has 1 saturated heterocycles. The van der Waals surface area contributed by atoms with E-state index >= 15 is 0 Å². The molecule has 1 fully saturated rings. The first kappa shape index (κ1) is 10.6. The number of aryl methyl sites for hydroxylation is 1. The van der Waals surface area contributed by atoms with Crippen molar-refractivity contribution in [3.8, 4) is 0 Å². The quantitative estimate of drug-likeness (QED) is 0.657. The molecule has 3 rings (SSSR count). The zero-order valence-electron chi connectivity index (χ0n) is 9.76. The second kappa shape index (κ2) is 4.01. The zero-order valence-corrected chi connectivity index (χ0v) is 9.76. The fraction of sp³-hybridized carbons (Fsp3) is 0.727. The maximum Gasteiger partial charge on any atom is 0.354 e. The molecule has 2 aliphatic heterocycles. The van der Waals surface area contributed by atoms with Gasteiger partial charge in [-0.05, 0) is 25.7 Å². The van der Waals surface area contributed by atoms with Crippen molar-refractivity contribution in [2.24, 2.45) is 0 Å². The fourth-order valence-corrected chi connectivity index (χ4v) is 2.57. The maximum absolute atomic E-state index is 12.1. The van der Waals surface area contributed by atoms with E-state index in [0.29, 0.717) is 6.54 Å². The van der Waals surface area contributed by atoms with Crippen LogP contribution in [0.25, 0.3) is 0 Å². The van der Waals surface area contributed by atoms with Gasteiger partial charge in [0.1, 0.15) is 5.82 Å². The Labute approximate surface area is 98.8 Å². The Hall–Kier alpha value is -1.59. The normalized spacial score (nSPS) is 19.4. The lowest BCUT2D eigenvalue weighted by molar-refractivity contribution is 0.206. The van der Waals surface area contributed by atoms with E-state index in [-0.39, 0.29) is 11.7 Å². The van der Waals surface area contributed by atoms with Crippen LogP contribution in [-0.2, 0) is 13.0 Å². The number of amides is 1. The molecule has 0 aromatic carbocycles. The molecular weight excluding hydrogens is 220 g/mol. The summed E-state index contributed by atoms with van der Waals surface area (Å²) in [4.78, 5) is 25.8. The zero-order chi connectivity index (χ0) is 11.8. The molecule has 1 aromatic rings. The second-order valence-corrected chi connectivity index (χ2v) is 4.70. The number of hydrogen-bond acceptors (Lipinski definition) is 3. The Bertz CT molecular complexity index is 496. The van der Waals surface area contributed by atoms with Gasteiger partial charge in [-0.15, -0.1) is 9.78 Å². The molecule has 0 spiro atoms. The van der Waals surface area contributed by atoms with E-state index in [4.69, 9.17) is 0 Å². The Kier molecular flexibility index (Phi) is 2.49. The Morgan fingerprint density at radius 1 is 1.06 bits per heavy atom. The van der Waals surface area contributed by atoms with Crippen LogP contribution in [0.4, 0.5) is 4.79 Å². The summed E-state index contributed by atoms with van der Waals surface area (Å²) in [5.41, 5.74) is -0.267. The molecule has 0 saturated carbocycles. The Morgan fingerprint density at radius 2 is 1.76 bits per heavy atom. The van der Waals surface area contributed by atoms with Crippen LogP contribution >= 0.6 is 0 Å². The molecule has 6 heteroatoms. The van der Waals surface area contributed by atoms with Crippen molar-refractivity contribution in [1.29, 1.82) is 0 Å². The monoisotopic (exact) mass is 236 g/mol. The van der Waals surface area contributed by atoms with Gasteiger partial charge in [-0.2, -0.15) is 0 Å². The van der Waals surface area contributed by atoms with E-state index in [1.807, 2.05) is 0 Å². The largest absolute Gasteiger partial charge is 0.354 e. The maximum atomic E-state index is 12.1. The number of carbonyl (C=O) groups is 1. The van der Waals surface area contributed by atoms with E-state index in [1.54, 1.807) is 9.47 Å². The van der Waals surface area contributed by atoms with E-state index in [9.17, 15) is 9.59 Å². The average molecular weight is 236 g/mol. The molecule has 0 atom stereocenters. The van der Waals surface area contributed by atoms with Gasteiger partial charge in [0, 0.05) is 26.1 Å². The standard InChI is InChI=1S/C11H16N4O2/c16-10(13-6-3-4-7-13)15-11(17)14-8-2-1-5-9(14)12-15/h1-8H2. The molecule has 0 radical (unpaired) electrons. The minimum atomic E-state index is -0.267. The predicted octanol–water partition coefficient (Wildman–Crippen LogP) is 0.445. The summed E-state index contributed by atoms with van der Waals surface area (Å²) in [6.07, 6.45) is 4.89. The molecule has 1 amide bonds. The van der Waals surface area contributed by atoms with Crippen molar-refractivity contribution in [3.63, 3.8) is 0 Å². The molecule has 3 heterocycles. The van der Waals surface area contributed by atoms with Crippen LogP contribution in [0.5, 0.6) is 0 Å². The first-order valence-electron chi connectivity index (χ1n) is 6.25. The number of rotatable bonds is 0. The molecule has 2 aliphatic rings. The number of aromatic nitrogens is 3. The molecular formula is C11H16N4O2. The Morgan fingerprint density at radius 3 is 2.47 bits per heavy atom. The third-order valence-electron chi connectivity index (χ3n) is 3.53. The lowest BCUT2D eigenvalue weighted by Gasteiger charge is -2.12. The number of carbonyl (C=O) groups excluding carboxylic acids is 1. The number of likely N-dealkylation sites (tertiary alicyclic amines) is 1. The summed E-state index contributed by atoms with van der Waals surface area (Å²) in [7, 11) is 0. The first-order valence-corrected chi connectivity index (χ1v) is 6.25. The van der Waals surface area contributed by atoms with Crippen LogP contribution in [0.15, 0.2) is 4.79 Å². The third kappa shape index (κ3) is 1.67. The van der Waals surface area contributed by atoms with Gasteiger partial charge < -0.3 is 4.90 Å². The SMILES string of the molecule is O=C(N1CCCC1)n1nc2n(c1=O)CCCC2. The van der Waals surface area contributed by atoms with Crippen LogP contribution in [0.3, 0.4) is 0 Å². The molecule has 0 aliphatic carbocycles. The second-order valence-electron chi connectivity index (χ2n) is 4.70. The summed E-state index contributed by atoms with van der Waals surface area (Å²) >= 11 is 0. The number of nitrogens with zero attached hydrogens (tertiary/aromatic N) is 4. The molecule has 0 N–H and O–H groups in total. The van der Waals surface area contributed by atoms with Crippen LogP contribution < -0.4 is 5.69 Å². The van der Waals surface area contributed by atoms with Crippen LogP contribution in [0.2, 0.25) is 0 Å². The minimum absolute atomic E-state index is 0.255. The highest BCUT2D eigenvalue weighted by Gasteiger charge is 2.25. The van der Waals surface area contributed by atoms with Gasteiger partial charge in [0.15, 0.2) is 0 Å². The number of hydrogen-bond donors (Lipinski definition) is 0. The smallest absolute Gasteiger partial charge is 0.323 e. The van der Waals surface area contributed by atoms with Crippen molar-refractivity contribution in [3.05, 3.63) is 16.3 Å². The summed E-state index contributed by atoms with van der Waals surface area (Å²) in [5.74, 6) is 0.758. The molecule has 92 valence electrons. The fourth-order valence-electron chi connectivity index (χ4n) is 2.57. The van der Waals surface area contributed by atoms with Crippen molar-refractivity contribution >= 4 is 6.03 Å². The number of fused-ring (bicyclic) bond motifs is 1. The highest BCUT2D eigenvalue weighted by molar-refractivity contribution is 5.75. The van der Waals surface area contributed by atoms with Gasteiger partial charge in [0.2, 0.25) is 0 Å². The molecule has 6 nitrogen and oxygen atoms in total. The van der Waals surface area contributed by atoms with Crippen LogP contribution in [-0.4, -0.2) is 38.4 Å². The van der Waals surface area contributed by atoms with Gasteiger partial charge in [0.05, 0.1) is 0 Å². The molecule has 1 aromatic heterocycles. The van der Waals surface area contributed by atoms with Gasteiger partial charge >= 0.3 is 11.7 Å². The average Bonchev–Trinajstić information content (AvgIpc) is 2.97. The highest BCUT2D eigenvalue weighted by Crippen LogP contribution is 2.11. The topological polar surface area (TPSA) is 60.1 Å². The van der Waals surface area contributed by atoms with Crippen LogP contribution in [0, 0.1) is 0 Å². The summed E-state index contributed by atoms with van der Waals surface area (Å²) in [6.45, 7) is 2.18. The van der Waals surface area contributed by atoms with Gasteiger partial charge in [-0.1, -0.05) is 0 Å². The van der Waals surface area contributed by atoms with E-state index in [2.05, 4.69) is 5.10 Å². The minimum Gasteiger partial charge on any atom is -0.323 e. The van der Waals surface area contributed by atoms with Gasteiger partial charge in [-0.3, -0.25) is 4.57 Å². The van der Waals surface area contributed by atoms with Gasteiger partial charge in [-0.25, -0.2) is 9.59 Å². The van der Waals surface area contributed by atoms with E-state index in [1.165, 1.54) is 0 Å². The Balaban J connectivity index is 1.95. The summed E-state index contributed by atoms with van der Waals surface area (Å²) in [6, 6.07) is -0.255. The van der Waals surface area contributed by atoms with E-state index in [0.717, 1.165) is 55.7 Å². The summed E-state index contributed by atoms with van der Waals surface area (Å²) < 4.78 is 2.68. The lowest BCUT2D eigenvalue weighted by Crippen LogP contribution is -2.39. The van der Waals surface area contributed by atoms with Crippen molar-refractivity contribution < 1.29 is 4.79 Å². The van der Waals surface area contributed by atoms with Crippen molar-refractivity contribution in [2.45, 2.75) is 38.6 Å². The third-order valence-corrected chi connectivity index (χ3v) is 3.53. The molecule has 0 bridgehead atoms. The van der Waals surface area contributed by atoms with Crippen molar-refractivity contribution in [2.75, 3.05) is 13.1 Å². The predicted molar refractivity (Wildman–Crippen MR) is 61.0 cm³/mol. The summed E-state index contributed by atoms with van der Waals surface area (Å²) in [5, 5.41) is 4.17. The van der Waals surface area contributed by atoms with E-state index < -0.39 is 0 Å². The molecule has 0 unspecified atom stereocenters. The van der Waals surface area contributed by atoms with Gasteiger partial charge in [0.25, 0.3) is 0 Å².